The molecule has 0 bridgehead atoms. The van der Waals surface area contributed by atoms with Gasteiger partial charge in [-0.2, -0.15) is 0 Å². The van der Waals surface area contributed by atoms with E-state index in [9.17, 15) is 9.90 Å². The van der Waals surface area contributed by atoms with Crippen molar-refractivity contribution in [2.45, 2.75) is 25.4 Å². The molecule has 3 atom stereocenters. The standard InChI is InChI=1S/C15H21N3O2/c1-10-6-7-18(14(10)9-19)15(20)13-8-16-11-4-2-3-5-12(11)17-13/h2-5,10,13-14,16-17,19H,6-9H2,1H3. The Hall–Kier alpha value is -1.75. The van der Waals surface area contributed by atoms with Crippen molar-refractivity contribution in [3.05, 3.63) is 24.3 Å². The Morgan fingerprint density at radius 1 is 1.40 bits per heavy atom. The van der Waals surface area contributed by atoms with Crippen LogP contribution >= 0.6 is 0 Å². The van der Waals surface area contributed by atoms with Gasteiger partial charge in [0.05, 0.1) is 24.0 Å². The van der Waals surface area contributed by atoms with Crippen LogP contribution in [0.5, 0.6) is 0 Å². The number of rotatable bonds is 2. The second kappa shape index (κ2) is 5.32. The number of hydrogen-bond acceptors (Lipinski definition) is 4. The zero-order valence-electron chi connectivity index (χ0n) is 11.7. The molecule has 1 saturated heterocycles. The average molecular weight is 275 g/mol. The summed E-state index contributed by atoms with van der Waals surface area (Å²) in [5.41, 5.74) is 2.00. The number of aliphatic hydroxyl groups is 1. The molecule has 3 rings (SSSR count). The number of para-hydroxylation sites is 2. The second-order valence-electron chi connectivity index (χ2n) is 5.67. The van der Waals surface area contributed by atoms with Gasteiger partial charge in [-0.1, -0.05) is 19.1 Å². The number of nitrogens with zero attached hydrogens (tertiary/aromatic N) is 1. The number of carbonyl (C=O) groups excluding carboxylic acids is 1. The van der Waals surface area contributed by atoms with Crippen molar-refractivity contribution in [2.75, 3.05) is 30.3 Å². The third-order valence-electron chi connectivity index (χ3n) is 4.40. The predicted molar refractivity (Wildman–Crippen MR) is 78.7 cm³/mol. The summed E-state index contributed by atoms with van der Waals surface area (Å²) in [6.45, 7) is 3.46. The van der Waals surface area contributed by atoms with Crippen LogP contribution in [0.15, 0.2) is 24.3 Å². The van der Waals surface area contributed by atoms with Crippen LogP contribution in [0.2, 0.25) is 0 Å². The number of aliphatic hydroxyl groups excluding tert-OH is 1. The molecule has 5 nitrogen and oxygen atoms in total. The van der Waals surface area contributed by atoms with Crippen molar-refractivity contribution in [3.8, 4) is 0 Å². The molecule has 1 fully saturated rings. The summed E-state index contributed by atoms with van der Waals surface area (Å²) in [7, 11) is 0. The molecule has 1 aromatic rings. The van der Waals surface area contributed by atoms with Crippen molar-refractivity contribution < 1.29 is 9.90 Å². The molecular formula is C15H21N3O2. The lowest BCUT2D eigenvalue weighted by Gasteiger charge is -2.33. The molecule has 0 saturated carbocycles. The molecule has 20 heavy (non-hydrogen) atoms. The first kappa shape index (κ1) is 13.2. The molecule has 1 aromatic carbocycles. The molecule has 3 N–H and O–H groups in total. The number of benzene rings is 1. The van der Waals surface area contributed by atoms with Gasteiger partial charge in [-0.25, -0.2) is 0 Å². The highest BCUT2D eigenvalue weighted by atomic mass is 16.3. The molecule has 2 aliphatic rings. The molecule has 0 aliphatic carbocycles. The largest absolute Gasteiger partial charge is 0.394 e. The van der Waals surface area contributed by atoms with E-state index in [2.05, 4.69) is 17.6 Å². The average Bonchev–Trinajstić information content (AvgIpc) is 2.86. The quantitative estimate of drug-likeness (QED) is 0.757. The lowest BCUT2D eigenvalue weighted by Crippen LogP contribution is -2.51. The summed E-state index contributed by atoms with van der Waals surface area (Å²) >= 11 is 0. The van der Waals surface area contributed by atoms with Gasteiger partial charge in [0.2, 0.25) is 5.91 Å². The molecule has 0 spiro atoms. The van der Waals surface area contributed by atoms with Gasteiger partial charge in [-0.15, -0.1) is 0 Å². The van der Waals surface area contributed by atoms with E-state index < -0.39 is 0 Å². The van der Waals surface area contributed by atoms with Crippen molar-refractivity contribution >= 4 is 17.3 Å². The minimum atomic E-state index is -0.260. The summed E-state index contributed by atoms with van der Waals surface area (Å²) in [6, 6.07) is 7.59. The molecule has 0 radical (unpaired) electrons. The number of hydrogen-bond donors (Lipinski definition) is 3. The smallest absolute Gasteiger partial charge is 0.247 e. The zero-order valence-corrected chi connectivity index (χ0v) is 11.7. The van der Waals surface area contributed by atoms with Gasteiger partial charge in [0.15, 0.2) is 0 Å². The molecule has 2 aliphatic heterocycles. The Labute approximate surface area is 119 Å². The Morgan fingerprint density at radius 2 is 2.15 bits per heavy atom. The highest BCUT2D eigenvalue weighted by Crippen LogP contribution is 2.28. The van der Waals surface area contributed by atoms with Crippen LogP contribution in [-0.2, 0) is 4.79 Å². The highest BCUT2D eigenvalue weighted by molar-refractivity contribution is 5.89. The van der Waals surface area contributed by atoms with Crippen LogP contribution in [0.1, 0.15) is 13.3 Å². The van der Waals surface area contributed by atoms with Gasteiger partial charge in [0.25, 0.3) is 0 Å². The van der Waals surface area contributed by atoms with Gasteiger partial charge < -0.3 is 20.6 Å². The zero-order chi connectivity index (χ0) is 14.1. The van der Waals surface area contributed by atoms with Gasteiger partial charge in [0, 0.05) is 13.1 Å². The van der Waals surface area contributed by atoms with E-state index in [1.807, 2.05) is 29.2 Å². The summed E-state index contributed by atoms with van der Waals surface area (Å²) in [5.74, 6) is 0.447. The second-order valence-corrected chi connectivity index (χ2v) is 5.67. The lowest BCUT2D eigenvalue weighted by molar-refractivity contribution is -0.133. The first-order valence-corrected chi connectivity index (χ1v) is 7.21. The SMILES string of the molecule is CC1CCN(C(=O)C2CNc3ccccc3N2)C1CO. The van der Waals surface area contributed by atoms with Gasteiger partial charge in [0.1, 0.15) is 6.04 Å². The Bertz CT molecular complexity index is 506. The number of carbonyl (C=O) groups is 1. The first-order chi connectivity index (χ1) is 9.70. The third kappa shape index (κ3) is 2.22. The summed E-state index contributed by atoms with van der Waals surface area (Å²) in [6.07, 6.45) is 0.966. The Kier molecular flexibility index (Phi) is 3.53. The van der Waals surface area contributed by atoms with Gasteiger partial charge in [-0.3, -0.25) is 4.79 Å². The van der Waals surface area contributed by atoms with Gasteiger partial charge >= 0.3 is 0 Å². The maximum Gasteiger partial charge on any atom is 0.247 e. The summed E-state index contributed by atoms with van der Waals surface area (Å²) in [4.78, 5) is 14.5. The summed E-state index contributed by atoms with van der Waals surface area (Å²) < 4.78 is 0. The molecule has 2 heterocycles. The fraction of sp³-hybridized carbons (Fsp3) is 0.533. The van der Waals surface area contributed by atoms with Crippen molar-refractivity contribution in [3.63, 3.8) is 0 Å². The van der Waals surface area contributed by atoms with E-state index in [1.54, 1.807) is 0 Å². The summed E-state index contributed by atoms with van der Waals surface area (Å²) in [5, 5.41) is 16.1. The minimum Gasteiger partial charge on any atom is -0.394 e. The molecule has 5 heteroatoms. The van der Waals surface area contributed by atoms with Crippen LogP contribution in [0, 0.1) is 5.92 Å². The van der Waals surface area contributed by atoms with Crippen molar-refractivity contribution in [1.82, 2.24) is 4.90 Å². The number of nitrogens with one attached hydrogen (secondary N) is 2. The number of fused-ring (bicyclic) bond motifs is 1. The number of likely N-dealkylation sites (tertiary alicyclic amines) is 1. The molecular weight excluding hydrogens is 254 g/mol. The van der Waals surface area contributed by atoms with E-state index in [-0.39, 0.29) is 24.6 Å². The van der Waals surface area contributed by atoms with Crippen LogP contribution in [0.25, 0.3) is 0 Å². The van der Waals surface area contributed by atoms with E-state index in [1.165, 1.54) is 0 Å². The fourth-order valence-corrected chi connectivity index (χ4v) is 3.12. The van der Waals surface area contributed by atoms with Gasteiger partial charge in [-0.05, 0) is 24.5 Å². The third-order valence-corrected chi connectivity index (χ3v) is 4.40. The van der Waals surface area contributed by atoms with Crippen molar-refractivity contribution in [2.24, 2.45) is 5.92 Å². The topological polar surface area (TPSA) is 64.6 Å². The van der Waals surface area contributed by atoms with E-state index >= 15 is 0 Å². The van der Waals surface area contributed by atoms with E-state index in [0.29, 0.717) is 12.5 Å². The molecule has 108 valence electrons. The van der Waals surface area contributed by atoms with Crippen molar-refractivity contribution in [1.29, 1.82) is 0 Å². The maximum absolute atomic E-state index is 12.6. The maximum atomic E-state index is 12.6. The fourth-order valence-electron chi connectivity index (χ4n) is 3.12. The minimum absolute atomic E-state index is 0.0403. The van der Waals surface area contributed by atoms with Crippen LogP contribution in [-0.4, -0.2) is 47.7 Å². The Balaban J connectivity index is 1.73. The van der Waals surface area contributed by atoms with Crippen LogP contribution in [0.4, 0.5) is 11.4 Å². The highest BCUT2D eigenvalue weighted by Gasteiger charge is 2.37. The molecule has 0 aromatic heterocycles. The predicted octanol–water partition coefficient (Wildman–Crippen LogP) is 1.12. The first-order valence-electron chi connectivity index (χ1n) is 7.21. The molecule has 1 amide bonds. The monoisotopic (exact) mass is 275 g/mol. The number of amides is 1. The van der Waals surface area contributed by atoms with E-state index in [4.69, 9.17) is 0 Å². The van der Waals surface area contributed by atoms with Crippen LogP contribution in [0.3, 0.4) is 0 Å². The lowest BCUT2D eigenvalue weighted by atomic mass is 10.0. The normalized spacial score (nSPS) is 28.5. The van der Waals surface area contributed by atoms with Crippen LogP contribution < -0.4 is 10.6 Å². The Morgan fingerprint density at radius 3 is 2.90 bits per heavy atom. The number of anilines is 2. The van der Waals surface area contributed by atoms with E-state index in [0.717, 1.165) is 24.3 Å². The molecule has 3 unspecified atom stereocenters.